The lowest BCUT2D eigenvalue weighted by Crippen LogP contribution is -2.59. The minimum atomic E-state index is -1.22. The number of phenolic OH excluding ortho intramolecular Hbond substituents is 1. The van der Waals surface area contributed by atoms with Gasteiger partial charge in [0, 0.05) is 36.9 Å². The molecule has 2 aromatic carbocycles. The Labute approximate surface area is 303 Å². The largest absolute Gasteiger partial charge is 0.508 e. The summed E-state index contributed by atoms with van der Waals surface area (Å²) in [7, 11) is 0. The monoisotopic (exact) mass is 720 g/mol. The number of H-pyrrole nitrogens is 1. The molecule has 0 saturated carbocycles. The Morgan fingerprint density at radius 3 is 2.00 bits per heavy atom. The number of hydrogen-bond acceptors (Lipinski definition) is 8. The molecule has 0 aliphatic rings. The Hall–Kier alpha value is -5.44. The summed E-state index contributed by atoms with van der Waals surface area (Å²) in [5.74, 6) is -3.94. The van der Waals surface area contributed by atoms with Crippen molar-refractivity contribution in [1.82, 2.24) is 31.6 Å². The Morgan fingerprint density at radius 1 is 0.769 bits per heavy atom. The van der Waals surface area contributed by atoms with Crippen molar-refractivity contribution >= 4 is 46.3 Å². The number of fused-ring (bicyclic) bond motifs is 1. The van der Waals surface area contributed by atoms with Crippen molar-refractivity contribution in [2.45, 2.75) is 96.4 Å². The number of aromatic hydroxyl groups is 1. The number of hydrogen-bond donors (Lipinski definition) is 9. The summed E-state index contributed by atoms with van der Waals surface area (Å²) in [5, 5.41) is 24.0. The molecule has 15 heteroatoms. The number of para-hydroxylation sites is 1. The zero-order chi connectivity index (χ0) is 38.4. The van der Waals surface area contributed by atoms with Gasteiger partial charge in [-0.3, -0.25) is 28.8 Å². The number of unbranched alkanes of at least 4 members (excludes halogenated alkanes) is 1. The van der Waals surface area contributed by atoms with Gasteiger partial charge in [-0.1, -0.05) is 50.6 Å². The molecule has 0 aliphatic heterocycles. The van der Waals surface area contributed by atoms with E-state index in [1.807, 2.05) is 38.1 Å². The highest BCUT2D eigenvalue weighted by molar-refractivity contribution is 5.96. The molecule has 0 radical (unpaired) electrons. The lowest BCUT2D eigenvalue weighted by molar-refractivity contribution is -0.135. The van der Waals surface area contributed by atoms with E-state index in [-0.39, 0.29) is 30.9 Å². The molecule has 6 atom stereocenters. The lowest BCUT2D eigenvalue weighted by Gasteiger charge is -2.27. The second-order valence-electron chi connectivity index (χ2n) is 13.1. The van der Waals surface area contributed by atoms with Gasteiger partial charge in [0.05, 0.1) is 0 Å². The van der Waals surface area contributed by atoms with Gasteiger partial charge in [-0.05, 0) is 68.0 Å². The van der Waals surface area contributed by atoms with Crippen LogP contribution in [0.1, 0.15) is 64.5 Å². The number of rotatable bonds is 20. The van der Waals surface area contributed by atoms with Gasteiger partial charge < -0.3 is 48.1 Å². The number of benzene rings is 2. The topological polar surface area (TPSA) is 251 Å². The van der Waals surface area contributed by atoms with Crippen LogP contribution in [0, 0.1) is 5.92 Å². The predicted octanol–water partition coefficient (Wildman–Crippen LogP) is 0.783. The quantitative estimate of drug-likeness (QED) is 0.0753. The van der Waals surface area contributed by atoms with Crippen molar-refractivity contribution in [3.8, 4) is 5.75 Å². The van der Waals surface area contributed by atoms with E-state index < -0.39 is 65.7 Å². The average Bonchev–Trinajstić information content (AvgIpc) is 3.52. The van der Waals surface area contributed by atoms with E-state index in [4.69, 9.17) is 11.5 Å². The molecule has 0 aliphatic carbocycles. The number of phenols is 1. The molecule has 11 N–H and O–H groups in total. The Balaban J connectivity index is 1.90. The van der Waals surface area contributed by atoms with Crippen molar-refractivity contribution in [3.05, 3.63) is 65.9 Å². The van der Waals surface area contributed by atoms with Crippen LogP contribution >= 0.6 is 0 Å². The van der Waals surface area contributed by atoms with Gasteiger partial charge in [0.25, 0.3) is 0 Å². The number of carbonyl (C=O) groups excluding carboxylic acids is 6. The van der Waals surface area contributed by atoms with E-state index >= 15 is 0 Å². The van der Waals surface area contributed by atoms with Gasteiger partial charge in [0.1, 0.15) is 36.0 Å². The van der Waals surface area contributed by atoms with Gasteiger partial charge in [-0.2, -0.15) is 0 Å². The number of aromatic nitrogens is 1. The van der Waals surface area contributed by atoms with Crippen molar-refractivity contribution in [3.63, 3.8) is 0 Å². The molecule has 1 aromatic heterocycles. The molecule has 3 aromatic rings. The molecular weight excluding hydrogens is 668 g/mol. The highest BCUT2D eigenvalue weighted by Gasteiger charge is 2.32. The van der Waals surface area contributed by atoms with Crippen LogP contribution < -0.4 is 38.1 Å². The van der Waals surface area contributed by atoms with Crippen LogP contribution in [0.4, 0.5) is 0 Å². The van der Waals surface area contributed by atoms with Gasteiger partial charge in [-0.25, -0.2) is 0 Å². The van der Waals surface area contributed by atoms with Crippen molar-refractivity contribution in [2.24, 2.45) is 17.4 Å². The average molecular weight is 721 g/mol. The molecular formula is C37H52N8O7. The number of aromatic amines is 1. The van der Waals surface area contributed by atoms with E-state index in [0.29, 0.717) is 36.9 Å². The fourth-order valence-corrected chi connectivity index (χ4v) is 5.72. The molecule has 0 spiro atoms. The smallest absolute Gasteiger partial charge is 0.243 e. The standard InChI is InChI=1S/C37H52N8O7/c1-5-21(2)32(42-23(4)46)37(52)41-22(3)34(49)44-31(19-25-20-40-28-11-7-6-10-27(25)28)36(51)45-30(18-24-13-15-26(47)16-14-24)35(50)43-29(33(39)48)12-8-9-17-38/h6-7,10-11,13-16,20-22,29-32,40,47H,5,8-9,12,17-19,38H2,1-4H3,(H2,39,48)(H,41,52)(H,42,46)(H,43,50)(H,44,49)(H,45,51)/t21-,22-,29-,30-,31-,32-/m0/s1. The fourth-order valence-electron chi connectivity index (χ4n) is 5.72. The van der Waals surface area contributed by atoms with Gasteiger partial charge >= 0.3 is 0 Å². The first-order valence-electron chi connectivity index (χ1n) is 17.5. The van der Waals surface area contributed by atoms with Crippen LogP contribution in [0.5, 0.6) is 5.75 Å². The van der Waals surface area contributed by atoms with E-state index in [9.17, 15) is 33.9 Å². The molecule has 3 rings (SSSR count). The Morgan fingerprint density at radius 2 is 1.38 bits per heavy atom. The molecule has 6 amide bonds. The third kappa shape index (κ3) is 12.1. The maximum atomic E-state index is 14.1. The van der Waals surface area contributed by atoms with Crippen LogP contribution in [-0.4, -0.2) is 82.3 Å². The Bertz CT molecular complexity index is 1690. The second kappa shape index (κ2) is 19.8. The highest BCUT2D eigenvalue weighted by Crippen LogP contribution is 2.20. The number of carbonyl (C=O) groups is 6. The molecule has 282 valence electrons. The normalized spacial score (nSPS) is 14.6. The maximum Gasteiger partial charge on any atom is 0.243 e. The SMILES string of the molecule is CC[C@H](C)[C@H](NC(C)=O)C(=O)N[C@@H](C)C(=O)N[C@@H](Cc1c[nH]c2ccccc12)C(=O)N[C@@H](Cc1ccc(O)cc1)C(=O)N[C@@H](CCCCN)C(N)=O. The number of nitrogens with two attached hydrogens (primary N) is 2. The molecule has 0 unspecified atom stereocenters. The maximum absolute atomic E-state index is 14.1. The molecule has 52 heavy (non-hydrogen) atoms. The molecule has 15 nitrogen and oxygen atoms in total. The Kier molecular flexibility index (Phi) is 15.6. The van der Waals surface area contributed by atoms with Gasteiger partial charge in [0.15, 0.2) is 0 Å². The third-order valence-electron chi connectivity index (χ3n) is 8.95. The summed E-state index contributed by atoms with van der Waals surface area (Å²) in [5.41, 5.74) is 13.3. The first kappa shape index (κ1) is 41.0. The zero-order valence-corrected chi connectivity index (χ0v) is 30.2. The highest BCUT2D eigenvalue weighted by atomic mass is 16.3. The first-order valence-corrected chi connectivity index (χ1v) is 17.5. The van der Waals surface area contributed by atoms with Crippen molar-refractivity contribution in [1.29, 1.82) is 0 Å². The summed E-state index contributed by atoms with van der Waals surface area (Å²) in [4.78, 5) is 81.8. The fraction of sp³-hybridized carbons (Fsp3) is 0.459. The minimum Gasteiger partial charge on any atom is -0.508 e. The van der Waals surface area contributed by atoms with E-state index in [1.165, 1.54) is 26.0 Å². The van der Waals surface area contributed by atoms with Crippen molar-refractivity contribution in [2.75, 3.05) is 6.54 Å². The summed E-state index contributed by atoms with van der Waals surface area (Å²) < 4.78 is 0. The van der Waals surface area contributed by atoms with Crippen LogP contribution in [-0.2, 0) is 41.6 Å². The van der Waals surface area contributed by atoms with Crippen molar-refractivity contribution < 1.29 is 33.9 Å². The summed E-state index contributed by atoms with van der Waals surface area (Å²) in [6.07, 6.45) is 3.72. The van der Waals surface area contributed by atoms with Gasteiger partial charge in [0.2, 0.25) is 35.4 Å². The molecule has 0 fully saturated rings. The van der Waals surface area contributed by atoms with E-state index in [1.54, 1.807) is 18.3 Å². The van der Waals surface area contributed by atoms with Crippen LogP contribution in [0.15, 0.2) is 54.7 Å². The molecule has 1 heterocycles. The summed E-state index contributed by atoms with van der Waals surface area (Å²) in [6, 6.07) is 8.08. The number of amides is 6. The van der Waals surface area contributed by atoms with Crippen LogP contribution in [0.25, 0.3) is 10.9 Å². The molecule has 0 bridgehead atoms. The van der Waals surface area contributed by atoms with E-state index in [0.717, 1.165) is 10.9 Å². The second-order valence-corrected chi connectivity index (χ2v) is 13.1. The number of nitrogens with one attached hydrogen (secondary N) is 6. The molecule has 0 saturated heterocycles. The first-order chi connectivity index (χ1) is 24.7. The van der Waals surface area contributed by atoms with Crippen LogP contribution in [0.2, 0.25) is 0 Å². The van der Waals surface area contributed by atoms with Gasteiger partial charge in [-0.15, -0.1) is 0 Å². The predicted molar refractivity (Wildman–Crippen MR) is 196 cm³/mol. The minimum absolute atomic E-state index is 0.0118. The third-order valence-corrected chi connectivity index (χ3v) is 8.95. The summed E-state index contributed by atoms with van der Waals surface area (Å²) >= 11 is 0. The summed E-state index contributed by atoms with van der Waals surface area (Å²) in [6.45, 7) is 6.85. The van der Waals surface area contributed by atoms with Crippen LogP contribution in [0.3, 0.4) is 0 Å². The number of primary amides is 1. The van der Waals surface area contributed by atoms with E-state index in [2.05, 4.69) is 31.6 Å². The lowest BCUT2D eigenvalue weighted by atomic mass is 9.98. The zero-order valence-electron chi connectivity index (χ0n) is 30.2.